The Morgan fingerprint density at radius 3 is 2.56 bits per heavy atom. The molecular formula is C23H21F3N6O2. The molecule has 4 heterocycles. The highest BCUT2D eigenvalue weighted by atomic mass is 19.4. The normalized spacial score (nSPS) is 11.9. The summed E-state index contributed by atoms with van der Waals surface area (Å²) in [5.74, 6) is -0.898. The third kappa shape index (κ3) is 4.54. The minimum atomic E-state index is -4.60. The number of nitrogens with one attached hydrogen (secondary N) is 1. The Labute approximate surface area is 192 Å². The van der Waals surface area contributed by atoms with E-state index in [1.165, 1.54) is 25.4 Å². The van der Waals surface area contributed by atoms with Crippen molar-refractivity contribution in [1.82, 2.24) is 24.3 Å². The summed E-state index contributed by atoms with van der Waals surface area (Å²) >= 11 is 0. The fraction of sp³-hybridized carbons (Fsp3) is 0.261. The van der Waals surface area contributed by atoms with Crippen LogP contribution in [0.4, 0.5) is 18.9 Å². The van der Waals surface area contributed by atoms with Crippen molar-refractivity contribution >= 4 is 28.3 Å². The van der Waals surface area contributed by atoms with Crippen molar-refractivity contribution in [3.8, 4) is 0 Å². The SMILES string of the molecule is Cc1cc(C(F)(F)F)nn1CC(=O)Nc1cncc(C(=O)c2cn(C(C)C)c3ccncc23)c1. The third-order valence-electron chi connectivity index (χ3n) is 5.28. The molecule has 4 aromatic rings. The van der Waals surface area contributed by atoms with Gasteiger partial charge in [-0.3, -0.25) is 24.2 Å². The van der Waals surface area contributed by atoms with Crippen LogP contribution in [0.1, 0.15) is 47.2 Å². The number of aromatic nitrogens is 5. The molecule has 0 aliphatic heterocycles. The van der Waals surface area contributed by atoms with E-state index in [4.69, 9.17) is 0 Å². The van der Waals surface area contributed by atoms with Gasteiger partial charge in [0.2, 0.25) is 5.91 Å². The molecule has 0 bridgehead atoms. The first kappa shape index (κ1) is 23.1. The summed E-state index contributed by atoms with van der Waals surface area (Å²) < 4.78 is 41.5. The van der Waals surface area contributed by atoms with Gasteiger partial charge in [-0.25, -0.2) is 0 Å². The fourth-order valence-corrected chi connectivity index (χ4v) is 3.64. The minimum absolute atomic E-state index is 0.124. The standard InChI is InChI=1S/C23H21F3N6O2/c1-13(2)31-11-18(17-10-27-5-4-19(17)31)22(34)15-7-16(9-28-8-15)29-21(33)12-32-14(3)6-20(30-32)23(24,25)26/h4-11,13H,12H2,1-3H3,(H,29,33). The molecule has 4 rings (SSSR count). The number of nitrogens with zero attached hydrogens (tertiary/aromatic N) is 5. The number of hydrogen-bond acceptors (Lipinski definition) is 5. The molecule has 0 aromatic carbocycles. The lowest BCUT2D eigenvalue weighted by molar-refractivity contribution is -0.141. The number of alkyl halides is 3. The summed E-state index contributed by atoms with van der Waals surface area (Å²) in [6.45, 7) is 5.02. The molecule has 0 aliphatic carbocycles. The van der Waals surface area contributed by atoms with Gasteiger partial charge in [-0.05, 0) is 39.0 Å². The Hall–Kier alpha value is -4.02. The maximum atomic E-state index is 13.3. The highest BCUT2D eigenvalue weighted by molar-refractivity contribution is 6.16. The number of ketones is 1. The van der Waals surface area contributed by atoms with Gasteiger partial charge in [0.1, 0.15) is 6.54 Å². The van der Waals surface area contributed by atoms with E-state index in [0.29, 0.717) is 10.9 Å². The van der Waals surface area contributed by atoms with E-state index >= 15 is 0 Å². The van der Waals surface area contributed by atoms with Crippen LogP contribution >= 0.6 is 0 Å². The second-order valence-corrected chi connectivity index (χ2v) is 8.10. The van der Waals surface area contributed by atoms with Crippen LogP contribution in [0, 0.1) is 6.92 Å². The molecule has 1 N–H and O–H groups in total. The molecule has 176 valence electrons. The number of carbonyl (C=O) groups is 2. The van der Waals surface area contributed by atoms with Crippen LogP contribution in [0.3, 0.4) is 0 Å². The molecule has 0 saturated carbocycles. The van der Waals surface area contributed by atoms with Gasteiger partial charge in [-0.15, -0.1) is 0 Å². The molecule has 11 heteroatoms. The van der Waals surface area contributed by atoms with Crippen molar-refractivity contribution in [3.05, 3.63) is 71.7 Å². The second-order valence-electron chi connectivity index (χ2n) is 8.10. The van der Waals surface area contributed by atoms with Crippen LogP contribution in [0.15, 0.2) is 49.2 Å². The van der Waals surface area contributed by atoms with Gasteiger partial charge in [0.05, 0.1) is 17.4 Å². The molecule has 34 heavy (non-hydrogen) atoms. The van der Waals surface area contributed by atoms with E-state index in [2.05, 4.69) is 20.4 Å². The Kier molecular flexibility index (Phi) is 5.94. The first-order valence-electron chi connectivity index (χ1n) is 10.4. The first-order valence-corrected chi connectivity index (χ1v) is 10.4. The third-order valence-corrected chi connectivity index (χ3v) is 5.28. The molecule has 0 saturated heterocycles. The van der Waals surface area contributed by atoms with Crippen molar-refractivity contribution in [3.63, 3.8) is 0 Å². The van der Waals surface area contributed by atoms with Crippen LogP contribution in [-0.2, 0) is 17.5 Å². The Morgan fingerprint density at radius 2 is 1.88 bits per heavy atom. The first-order chi connectivity index (χ1) is 16.0. The average molecular weight is 470 g/mol. The number of rotatable bonds is 6. The van der Waals surface area contributed by atoms with Crippen LogP contribution < -0.4 is 5.32 Å². The van der Waals surface area contributed by atoms with Crippen molar-refractivity contribution in [2.45, 2.75) is 39.5 Å². The van der Waals surface area contributed by atoms with Gasteiger partial charge in [0.15, 0.2) is 11.5 Å². The quantitative estimate of drug-likeness (QED) is 0.422. The van der Waals surface area contributed by atoms with Gasteiger partial charge in [-0.1, -0.05) is 0 Å². The van der Waals surface area contributed by atoms with Crippen molar-refractivity contribution in [1.29, 1.82) is 0 Å². The van der Waals surface area contributed by atoms with E-state index in [1.54, 1.807) is 18.6 Å². The predicted octanol–water partition coefficient (Wildman–Crippen LogP) is 4.41. The molecule has 0 aliphatic rings. The van der Waals surface area contributed by atoms with Gasteiger partial charge in [0, 0.05) is 53.0 Å². The van der Waals surface area contributed by atoms with E-state index in [0.717, 1.165) is 16.3 Å². The Bertz CT molecular complexity index is 1390. The number of carbonyl (C=O) groups excluding carboxylic acids is 2. The second kappa shape index (κ2) is 8.73. The van der Waals surface area contributed by atoms with E-state index in [9.17, 15) is 22.8 Å². The number of pyridine rings is 2. The molecule has 4 aromatic heterocycles. The van der Waals surface area contributed by atoms with E-state index in [1.807, 2.05) is 24.5 Å². The van der Waals surface area contributed by atoms with Crippen LogP contribution in [0.2, 0.25) is 0 Å². The monoisotopic (exact) mass is 470 g/mol. The maximum absolute atomic E-state index is 13.3. The van der Waals surface area contributed by atoms with Crippen molar-refractivity contribution in [2.24, 2.45) is 0 Å². The molecule has 0 unspecified atom stereocenters. The zero-order valence-corrected chi connectivity index (χ0v) is 18.6. The lowest BCUT2D eigenvalue weighted by Gasteiger charge is -2.08. The summed E-state index contributed by atoms with van der Waals surface area (Å²) in [4.78, 5) is 33.8. The predicted molar refractivity (Wildman–Crippen MR) is 118 cm³/mol. The maximum Gasteiger partial charge on any atom is 0.435 e. The van der Waals surface area contributed by atoms with E-state index in [-0.39, 0.29) is 28.8 Å². The molecule has 1 amide bonds. The van der Waals surface area contributed by atoms with Crippen molar-refractivity contribution < 1.29 is 22.8 Å². The molecule has 0 spiro atoms. The number of halogens is 3. The van der Waals surface area contributed by atoms with Crippen LogP contribution in [-0.4, -0.2) is 36.0 Å². The number of amides is 1. The highest BCUT2D eigenvalue weighted by Crippen LogP contribution is 2.29. The number of fused-ring (bicyclic) bond motifs is 1. The summed E-state index contributed by atoms with van der Waals surface area (Å²) in [6, 6.07) is 4.30. The molecule has 0 fully saturated rings. The summed E-state index contributed by atoms with van der Waals surface area (Å²) in [7, 11) is 0. The summed E-state index contributed by atoms with van der Waals surface area (Å²) in [6.07, 6.45) is 3.20. The van der Waals surface area contributed by atoms with Gasteiger partial charge in [-0.2, -0.15) is 18.3 Å². The lowest BCUT2D eigenvalue weighted by Crippen LogP contribution is -2.21. The molecule has 0 radical (unpaired) electrons. The van der Waals surface area contributed by atoms with Crippen LogP contribution in [0.25, 0.3) is 10.9 Å². The zero-order valence-electron chi connectivity index (χ0n) is 18.6. The van der Waals surface area contributed by atoms with Crippen LogP contribution in [0.5, 0.6) is 0 Å². The molecular weight excluding hydrogens is 449 g/mol. The molecule has 8 nitrogen and oxygen atoms in total. The molecule has 0 atom stereocenters. The van der Waals surface area contributed by atoms with Gasteiger partial charge in [0.25, 0.3) is 0 Å². The highest BCUT2D eigenvalue weighted by Gasteiger charge is 2.34. The number of hydrogen-bond donors (Lipinski definition) is 1. The number of aryl methyl sites for hydroxylation is 1. The average Bonchev–Trinajstić information content (AvgIpc) is 3.34. The zero-order chi connectivity index (χ0) is 24.6. The van der Waals surface area contributed by atoms with E-state index < -0.39 is 24.3 Å². The van der Waals surface area contributed by atoms with Gasteiger partial charge < -0.3 is 9.88 Å². The largest absolute Gasteiger partial charge is 0.435 e. The minimum Gasteiger partial charge on any atom is -0.344 e. The summed E-state index contributed by atoms with van der Waals surface area (Å²) in [5, 5.41) is 6.71. The van der Waals surface area contributed by atoms with Crippen molar-refractivity contribution in [2.75, 3.05) is 5.32 Å². The summed E-state index contributed by atoms with van der Waals surface area (Å²) in [5.41, 5.74) is 0.941. The topological polar surface area (TPSA) is 94.7 Å². The lowest BCUT2D eigenvalue weighted by atomic mass is 10.1. The fourth-order valence-electron chi connectivity index (χ4n) is 3.64. The number of anilines is 1. The van der Waals surface area contributed by atoms with Gasteiger partial charge >= 0.3 is 6.18 Å². The smallest absolute Gasteiger partial charge is 0.344 e. The Balaban J connectivity index is 1.55. The Morgan fingerprint density at radius 1 is 1.12 bits per heavy atom.